The summed E-state index contributed by atoms with van der Waals surface area (Å²) in [6.45, 7) is 26.4. The molecule has 0 spiro atoms. The van der Waals surface area contributed by atoms with Crippen molar-refractivity contribution in [2.24, 2.45) is 35.2 Å². The maximum absolute atomic E-state index is 6.66. The number of aromatic nitrogens is 5. The first-order chi connectivity index (χ1) is 68.4. The lowest BCUT2D eigenvalue weighted by Gasteiger charge is -2.21. The summed E-state index contributed by atoms with van der Waals surface area (Å²) in [4.78, 5) is 0. The average Bonchev–Trinajstić information content (AvgIpc) is 1.61. The summed E-state index contributed by atoms with van der Waals surface area (Å²) >= 11 is 0. The second-order valence-corrected chi connectivity index (χ2v) is 40.7. The second-order valence-electron chi connectivity index (χ2n) is 40.7. The third-order valence-corrected chi connectivity index (χ3v) is 30.0. The number of nitrogens with zero attached hydrogens (tertiary/aromatic N) is 5. The summed E-state index contributed by atoms with van der Waals surface area (Å²) < 4.78 is 43.9. The lowest BCUT2D eigenvalue weighted by atomic mass is 9.84. The first kappa shape index (κ1) is 90.5. The van der Waals surface area contributed by atoms with Crippen molar-refractivity contribution in [1.29, 1.82) is 0 Å². The minimum atomic E-state index is 0.0922. The summed E-state index contributed by atoms with van der Waals surface area (Å²) in [5.74, 6) is 1.20. The summed E-state index contributed by atoms with van der Waals surface area (Å²) in [6.07, 6.45) is 18.7. The van der Waals surface area contributed by atoms with Gasteiger partial charge in [-0.3, -0.25) is 0 Å². The molecule has 10 nitrogen and oxygen atoms in total. The Kier molecular flexibility index (Phi) is 23.5. The van der Waals surface area contributed by atoms with Crippen molar-refractivity contribution in [3.05, 3.63) is 390 Å². The molecule has 0 aliphatic heterocycles. The molecule has 10 heteroatoms. The third-order valence-electron chi connectivity index (χ3n) is 30.0. The number of hydrogen-bond donors (Lipinski definition) is 0. The van der Waals surface area contributed by atoms with Crippen molar-refractivity contribution in [2.75, 3.05) is 0 Å². The molecule has 1 aliphatic rings. The highest BCUT2D eigenvalue weighted by Gasteiger charge is 2.31. The average molecular weight is 1840 g/mol. The van der Waals surface area contributed by atoms with Gasteiger partial charge in [-0.2, -0.15) is 0 Å². The summed E-state index contributed by atoms with van der Waals surface area (Å²) in [7, 11) is 10.6. The maximum atomic E-state index is 6.66. The number of aryl methyl sites for hydroxylation is 12. The highest BCUT2D eigenvalue weighted by Crippen LogP contribution is 2.48. The van der Waals surface area contributed by atoms with Crippen LogP contribution in [-0.4, -0.2) is 0 Å². The quantitative estimate of drug-likeness (QED) is 0.142. The van der Waals surface area contributed by atoms with Crippen LogP contribution in [0.15, 0.2) is 356 Å². The van der Waals surface area contributed by atoms with Gasteiger partial charge in [0.1, 0.15) is 91.1 Å². The predicted octanol–water partition coefficient (Wildman–Crippen LogP) is 33.0. The topological polar surface area (TPSA) is 85.1 Å². The van der Waals surface area contributed by atoms with Gasteiger partial charge in [0.05, 0.1) is 27.8 Å². The van der Waals surface area contributed by atoms with E-state index in [-0.39, 0.29) is 5.41 Å². The Labute approximate surface area is 823 Å². The van der Waals surface area contributed by atoms with E-state index in [1.807, 2.05) is 0 Å². The molecule has 0 atom stereocenters. The fraction of sp³-hybridized carbons (Fsp3) is 0.198. The van der Waals surface area contributed by atoms with E-state index < -0.39 is 0 Å². The molecule has 10 heterocycles. The lowest BCUT2D eigenvalue weighted by Crippen LogP contribution is -2.32. The smallest absolute Gasteiger partial charge is 0.216 e. The molecule has 25 aromatic rings. The van der Waals surface area contributed by atoms with Crippen LogP contribution in [0.4, 0.5) is 0 Å². The van der Waals surface area contributed by atoms with Gasteiger partial charge in [0.15, 0.2) is 31.0 Å². The Balaban J connectivity index is 0.000000101. The normalized spacial score (nSPS) is 12.6. The van der Waals surface area contributed by atoms with Gasteiger partial charge in [0.25, 0.3) is 0 Å². The number of rotatable bonds is 8. The molecular formula is C131H120N5O5+5. The molecule has 1 fully saturated rings. The largest absolute Gasteiger partial charge is 0.454 e. The molecule has 0 radical (unpaired) electrons. The minimum absolute atomic E-state index is 0.0922. The van der Waals surface area contributed by atoms with E-state index in [0.717, 1.165) is 73.0 Å². The van der Waals surface area contributed by atoms with E-state index in [9.17, 15) is 0 Å². The molecule has 694 valence electrons. The van der Waals surface area contributed by atoms with Crippen molar-refractivity contribution >= 4 is 164 Å². The van der Waals surface area contributed by atoms with Crippen LogP contribution in [-0.2, 0) is 47.1 Å². The van der Waals surface area contributed by atoms with Crippen LogP contribution < -0.4 is 22.8 Å². The molecule has 1 saturated carbocycles. The van der Waals surface area contributed by atoms with E-state index in [0.29, 0.717) is 11.8 Å². The van der Waals surface area contributed by atoms with E-state index >= 15 is 0 Å². The lowest BCUT2D eigenvalue weighted by molar-refractivity contribution is -0.660. The summed E-state index contributed by atoms with van der Waals surface area (Å²) in [5.41, 5.74) is 34.6. The number of furan rings is 5. The highest BCUT2D eigenvalue weighted by molar-refractivity contribution is 6.22. The van der Waals surface area contributed by atoms with Crippen LogP contribution in [0.25, 0.3) is 220 Å². The van der Waals surface area contributed by atoms with Crippen molar-refractivity contribution < 1.29 is 44.9 Å². The number of fused-ring (bicyclic) bond motifs is 25. The fourth-order valence-electron chi connectivity index (χ4n) is 22.1. The second kappa shape index (κ2) is 36.6. The standard InChI is InChI=1S/C29H28NO.C27H26NO.C26H24NO.C25H22NO.C24H20NO/c1-19-12-14-25-24-15-13-21-10-6-7-11-23(21)28(24)31-29(25)27(19)26-18-22(16-17-30(26)2)20-8-4-3-5-9-20;1-17-10-12-22-21-13-11-18-8-6-7-9-20(18)25(21)29-26(22)24(17)23-16-19(27(2,3)4)14-15-28(23)5;1-16(2)19-11-14-23(27(4)15-19)24-17(3)9-12-22-21-13-10-18-7-5-6-8-20(18)25(21)28-26(22)24;1-4-17-10-14-22(26(3)15-17)23-16(2)9-12-21-20-13-11-18-7-5-6-8-19(18)24(20)27-25(21)23;1-15-8-13-21(25(3)14-15)22-16(2)9-11-20-19-12-10-17-6-4-5-7-18(17)23(19)26-24(20)22/h6-7,10-18,20H,3-5,8-9H2,1-2H3;6-16H,1-5H3;5-16H,1-4H3;5-15H,4H2,1-3H3;4-14H,1-3H3/q5*+1. The molecule has 26 rings (SSSR count). The van der Waals surface area contributed by atoms with Crippen LogP contribution in [0.2, 0.25) is 0 Å². The SMILES string of the molecule is CCc1ccc(-c2c(C)ccc3c2oc2c4ccccc4ccc32)[n+](C)c1.Cc1ccc(-c2c(C)ccc3c2oc2c4ccccc4ccc32)[n+](C)c1.Cc1ccc2c(oc3c4ccccc4ccc23)c1-c1cc(C(C)(C)C)cc[n+]1C.Cc1ccc2c(oc3c4ccccc4ccc23)c1-c1cc(C2CCCCC2)cc[n+]1C.Cc1ccc2c(oc3c4ccccc4ccc23)c1-c1ccc(C(C)C)c[n+]1C. The van der Waals surface area contributed by atoms with Crippen LogP contribution >= 0.6 is 0 Å². The summed E-state index contributed by atoms with van der Waals surface area (Å²) in [5, 5.41) is 23.7. The van der Waals surface area contributed by atoms with Crippen molar-refractivity contribution in [2.45, 2.75) is 139 Å². The Bertz CT molecular complexity index is 9320. The molecule has 0 unspecified atom stereocenters. The fourth-order valence-corrected chi connectivity index (χ4v) is 22.1. The molecule has 0 bridgehead atoms. The molecule has 0 N–H and O–H groups in total. The van der Waals surface area contributed by atoms with Gasteiger partial charge in [-0.15, -0.1) is 0 Å². The van der Waals surface area contributed by atoms with Gasteiger partial charge in [-0.25, -0.2) is 22.8 Å². The Morgan fingerprint density at radius 3 is 0.901 bits per heavy atom. The van der Waals surface area contributed by atoms with Crippen molar-refractivity contribution in [3.8, 4) is 56.3 Å². The van der Waals surface area contributed by atoms with Gasteiger partial charge in [0, 0.05) is 140 Å². The first-order valence-electron chi connectivity index (χ1n) is 50.0. The highest BCUT2D eigenvalue weighted by atomic mass is 16.3. The third kappa shape index (κ3) is 16.3. The monoisotopic (exact) mass is 1840 g/mol. The van der Waals surface area contributed by atoms with Gasteiger partial charge in [-0.05, 0) is 192 Å². The Morgan fingerprint density at radius 2 is 0.574 bits per heavy atom. The minimum Gasteiger partial charge on any atom is -0.454 e. The van der Waals surface area contributed by atoms with Gasteiger partial charge in [-0.1, -0.05) is 273 Å². The first-order valence-corrected chi connectivity index (χ1v) is 50.0. The summed E-state index contributed by atoms with van der Waals surface area (Å²) in [6, 6.07) is 109. The molecule has 0 saturated heterocycles. The number of hydrogen-bond acceptors (Lipinski definition) is 5. The van der Waals surface area contributed by atoms with Crippen LogP contribution in [0.3, 0.4) is 0 Å². The molecule has 15 aromatic carbocycles. The van der Waals surface area contributed by atoms with Crippen molar-refractivity contribution in [1.82, 2.24) is 0 Å². The van der Waals surface area contributed by atoms with Gasteiger partial charge in [0.2, 0.25) is 28.5 Å². The molecule has 10 aromatic heterocycles. The van der Waals surface area contributed by atoms with Crippen LogP contribution in [0.1, 0.15) is 141 Å². The Morgan fingerprint density at radius 1 is 0.277 bits per heavy atom. The van der Waals surface area contributed by atoms with Crippen LogP contribution in [0, 0.1) is 41.5 Å². The van der Waals surface area contributed by atoms with Crippen molar-refractivity contribution in [3.63, 3.8) is 0 Å². The molecule has 1 aliphatic carbocycles. The molecule has 141 heavy (non-hydrogen) atoms. The number of benzene rings is 15. The molecular weight excluding hydrogens is 1720 g/mol. The predicted molar refractivity (Wildman–Crippen MR) is 586 cm³/mol. The van der Waals surface area contributed by atoms with Gasteiger partial charge >= 0.3 is 0 Å². The Hall–Kier alpha value is -15.7. The van der Waals surface area contributed by atoms with Gasteiger partial charge < -0.3 is 22.1 Å². The maximum Gasteiger partial charge on any atom is 0.216 e. The van der Waals surface area contributed by atoms with E-state index in [1.165, 1.54) is 241 Å². The van der Waals surface area contributed by atoms with Crippen LogP contribution in [0.5, 0.6) is 0 Å². The zero-order valence-corrected chi connectivity index (χ0v) is 83.9. The zero-order valence-electron chi connectivity index (χ0n) is 83.9. The van der Waals surface area contributed by atoms with E-state index in [1.54, 1.807) is 0 Å². The van der Waals surface area contributed by atoms with E-state index in [2.05, 4.69) is 475 Å². The van der Waals surface area contributed by atoms with E-state index in [4.69, 9.17) is 22.1 Å². The number of pyridine rings is 5. The molecule has 0 amide bonds. The zero-order chi connectivity index (χ0) is 97.1.